The first-order valence-electron chi connectivity index (χ1n) is 10.8. The van der Waals surface area contributed by atoms with Gasteiger partial charge in [-0.1, -0.05) is 6.92 Å². The highest BCUT2D eigenvalue weighted by Crippen LogP contribution is 2.25. The molecule has 0 radical (unpaired) electrons. The predicted molar refractivity (Wildman–Crippen MR) is 114 cm³/mol. The van der Waals surface area contributed by atoms with Gasteiger partial charge in [-0.05, 0) is 68.0 Å². The summed E-state index contributed by atoms with van der Waals surface area (Å²) in [6, 6.07) is 9.55. The summed E-state index contributed by atoms with van der Waals surface area (Å²) in [5.41, 5.74) is 1.21. The molecule has 6 heteroatoms. The molecule has 0 saturated carbocycles. The van der Waals surface area contributed by atoms with E-state index < -0.39 is 0 Å². The van der Waals surface area contributed by atoms with Crippen molar-refractivity contribution in [3.8, 4) is 0 Å². The van der Waals surface area contributed by atoms with E-state index in [0.717, 1.165) is 57.7 Å². The van der Waals surface area contributed by atoms with Gasteiger partial charge in [0.15, 0.2) is 5.78 Å². The third-order valence-corrected chi connectivity index (χ3v) is 6.38. The number of carbonyl (C=O) groups is 2. The van der Waals surface area contributed by atoms with Gasteiger partial charge >= 0.3 is 0 Å². The van der Waals surface area contributed by atoms with Crippen LogP contribution in [0.3, 0.4) is 0 Å². The van der Waals surface area contributed by atoms with E-state index in [4.69, 9.17) is 0 Å². The molecule has 0 spiro atoms. The number of likely N-dealkylation sites (tertiary alicyclic amines) is 1. The van der Waals surface area contributed by atoms with Gasteiger partial charge in [-0.15, -0.1) is 0 Å². The van der Waals surface area contributed by atoms with Crippen LogP contribution in [0.1, 0.15) is 53.3 Å². The van der Waals surface area contributed by atoms with E-state index in [0.29, 0.717) is 17.0 Å². The Kier molecular flexibility index (Phi) is 6.11. The van der Waals surface area contributed by atoms with Gasteiger partial charge in [-0.2, -0.15) is 0 Å². The molecule has 3 heterocycles. The van der Waals surface area contributed by atoms with Crippen LogP contribution in [-0.4, -0.2) is 47.8 Å². The maximum atomic E-state index is 13.1. The van der Waals surface area contributed by atoms with Crippen LogP contribution in [0.2, 0.25) is 0 Å². The first-order valence-corrected chi connectivity index (χ1v) is 10.8. The fourth-order valence-corrected chi connectivity index (χ4v) is 4.31. The van der Waals surface area contributed by atoms with Crippen LogP contribution in [0, 0.1) is 17.7 Å². The molecule has 30 heavy (non-hydrogen) atoms. The van der Waals surface area contributed by atoms with Gasteiger partial charge in [0.2, 0.25) is 0 Å². The first kappa shape index (κ1) is 20.5. The molecule has 0 aliphatic carbocycles. The van der Waals surface area contributed by atoms with Crippen molar-refractivity contribution in [2.24, 2.45) is 11.8 Å². The van der Waals surface area contributed by atoms with Crippen molar-refractivity contribution >= 4 is 17.5 Å². The molecule has 0 atom stereocenters. The summed E-state index contributed by atoms with van der Waals surface area (Å²) in [4.78, 5) is 33.9. The van der Waals surface area contributed by atoms with E-state index in [1.54, 1.807) is 18.3 Å². The molecule has 0 N–H and O–H groups in total. The lowest BCUT2D eigenvalue weighted by Crippen LogP contribution is -2.38. The molecule has 1 aromatic heterocycles. The van der Waals surface area contributed by atoms with Crippen LogP contribution in [-0.2, 0) is 0 Å². The van der Waals surface area contributed by atoms with Crippen LogP contribution in [0.25, 0.3) is 0 Å². The van der Waals surface area contributed by atoms with Gasteiger partial charge in [-0.25, -0.2) is 9.37 Å². The smallest absolute Gasteiger partial charge is 0.255 e. The summed E-state index contributed by atoms with van der Waals surface area (Å²) in [5, 5.41) is 0. The number of hydrogen-bond donors (Lipinski definition) is 0. The van der Waals surface area contributed by atoms with Gasteiger partial charge in [-0.3, -0.25) is 9.59 Å². The number of Topliss-reactive ketones (excluding diaryl/α,β-unsaturated/α-hetero) is 1. The molecular weight excluding hydrogens is 381 g/mol. The van der Waals surface area contributed by atoms with Crippen molar-refractivity contribution in [3.63, 3.8) is 0 Å². The Morgan fingerprint density at radius 1 is 0.900 bits per heavy atom. The van der Waals surface area contributed by atoms with Crippen molar-refractivity contribution in [1.82, 2.24) is 9.88 Å². The zero-order chi connectivity index (χ0) is 21.1. The summed E-state index contributed by atoms with van der Waals surface area (Å²) in [6.07, 6.45) is 5.27. The van der Waals surface area contributed by atoms with Crippen LogP contribution in [0.15, 0.2) is 42.6 Å². The maximum Gasteiger partial charge on any atom is 0.255 e. The molecule has 2 fully saturated rings. The molecule has 158 valence electrons. The number of pyridine rings is 1. The highest BCUT2D eigenvalue weighted by Gasteiger charge is 2.27. The Morgan fingerprint density at radius 3 is 2.13 bits per heavy atom. The van der Waals surface area contributed by atoms with Gasteiger partial charge in [0.25, 0.3) is 5.91 Å². The number of hydrogen-bond acceptors (Lipinski definition) is 4. The zero-order valence-corrected chi connectivity index (χ0v) is 17.4. The maximum absolute atomic E-state index is 13.1. The Morgan fingerprint density at radius 2 is 1.53 bits per heavy atom. The minimum absolute atomic E-state index is 0.0472. The molecule has 2 saturated heterocycles. The van der Waals surface area contributed by atoms with Gasteiger partial charge in [0, 0.05) is 43.9 Å². The Bertz CT molecular complexity index is 882. The number of halogens is 1. The summed E-state index contributed by atoms with van der Waals surface area (Å²) < 4.78 is 13.1. The molecule has 1 aromatic carbocycles. The largest absolute Gasteiger partial charge is 0.357 e. The first-order chi connectivity index (χ1) is 14.5. The number of amides is 1. The third-order valence-electron chi connectivity index (χ3n) is 6.38. The number of piperidine rings is 2. The number of ketones is 1. The molecule has 5 nitrogen and oxygen atoms in total. The van der Waals surface area contributed by atoms with Gasteiger partial charge < -0.3 is 9.80 Å². The number of carbonyl (C=O) groups excluding carboxylic acids is 2. The Labute approximate surface area is 176 Å². The lowest BCUT2D eigenvalue weighted by atomic mass is 9.89. The van der Waals surface area contributed by atoms with E-state index >= 15 is 0 Å². The number of nitrogens with zero attached hydrogens (tertiary/aromatic N) is 3. The van der Waals surface area contributed by atoms with Crippen LogP contribution < -0.4 is 4.90 Å². The predicted octanol–water partition coefficient (Wildman–Crippen LogP) is 4.19. The average molecular weight is 410 g/mol. The van der Waals surface area contributed by atoms with Gasteiger partial charge in [0.05, 0.1) is 5.56 Å². The van der Waals surface area contributed by atoms with Crippen molar-refractivity contribution in [2.45, 2.75) is 32.6 Å². The number of anilines is 1. The molecule has 2 aromatic rings. The Hall–Kier alpha value is -2.76. The fourth-order valence-electron chi connectivity index (χ4n) is 4.31. The van der Waals surface area contributed by atoms with Crippen LogP contribution in [0.5, 0.6) is 0 Å². The highest BCUT2D eigenvalue weighted by atomic mass is 19.1. The molecule has 2 aliphatic rings. The lowest BCUT2D eigenvalue weighted by Gasteiger charge is -2.32. The monoisotopic (exact) mass is 409 g/mol. The van der Waals surface area contributed by atoms with E-state index in [9.17, 15) is 14.0 Å². The summed E-state index contributed by atoms with van der Waals surface area (Å²) in [7, 11) is 0. The second-order valence-corrected chi connectivity index (χ2v) is 8.51. The summed E-state index contributed by atoms with van der Waals surface area (Å²) in [6.45, 7) is 5.34. The van der Waals surface area contributed by atoms with Crippen molar-refractivity contribution in [2.75, 3.05) is 31.1 Å². The minimum Gasteiger partial charge on any atom is -0.357 e. The van der Waals surface area contributed by atoms with E-state index in [2.05, 4.69) is 16.8 Å². The normalized spacial score (nSPS) is 18.5. The minimum atomic E-state index is -0.329. The average Bonchev–Trinajstić information content (AvgIpc) is 2.79. The van der Waals surface area contributed by atoms with E-state index in [1.807, 2.05) is 17.0 Å². The van der Waals surface area contributed by atoms with Crippen molar-refractivity contribution in [3.05, 3.63) is 59.5 Å². The van der Waals surface area contributed by atoms with Crippen LogP contribution in [0.4, 0.5) is 10.2 Å². The Balaban J connectivity index is 1.33. The molecule has 0 bridgehead atoms. The van der Waals surface area contributed by atoms with Crippen LogP contribution >= 0.6 is 0 Å². The molecular formula is C24H28FN3O2. The van der Waals surface area contributed by atoms with E-state index in [-0.39, 0.29) is 23.4 Å². The highest BCUT2D eigenvalue weighted by molar-refractivity contribution is 5.98. The lowest BCUT2D eigenvalue weighted by molar-refractivity contribution is 0.0696. The SMILES string of the molecule is CC1CCN(C(=O)c2ccc(N3CCC(C(=O)c4ccc(F)cc4)CC3)nc2)CC1. The third kappa shape index (κ3) is 4.53. The number of aromatic nitrogens is 1. The molecule has 2 aliphatic heterocycles. The second kappa shape index (κ2) is 8.94. The topological polar surface area (TPSA) is 53.5 Å². The van der Waals surface area contributed by atoms with Crippen molar-refractivity contribution in [1.29, 1.82) is 0 Å². The van der Waals surface area contributed by atoms with E-state index in [1.165, 1.54) is 12.1 Å². The van der Waals surface area contributed by atoms with Gasteiger partial charge in [0.1, 0.15) is 11.6 Å². The second-order valence-electron chi connectivity index (χ2n) is 8.51. The molecule has 1 amide bonds. The number of rotatable bonds is 4. The zero-order valence-electron chi connectivity index (χ0n) is 17.4. The quantitative estimate of drug-likeness (QED) is 0.711. The summed E-state index contributed by atoms with van der Waals surface area (Å²) >= 11 is 0. The molecule has 4 rings (SSSR count). The standard InChI is InChI=1S/C24H28FN3O2/c1-17-8-12-28(13-9-17)24(30)20-4-7-22(26-16-20)27-14-10-19(11-15-27)23(29)18-2-5-21(25)6-3-18/h2-7,16-17,19H,8-15H2,1H3. The summed E-state index contributed by atoms with van der Waals surface area (Å²) in [5.74, 6) is 1.29. The molecule has 0 unspecified atom stereocenters. The van der Waals surface area contributed by atoms with Crippen molar-refractivity contribution < 1.29 is 14.0 Å². The fraction of sp³-hybridized carbons (Fsp3) is 0.458. The number of benzene rings is 1.